The number of hydrogen-bond acceptors (Lipinski definition) is 5. The minimum absolute atomic E-state index is 0.400. The molecule has 1 atom stereocenters. The molecule has 110 valence electrons. The summed E-state index contributed by atoms with van der Waals surface area (Å²) in [5, 5.41) is 4.59. The second-order valence-electron chi connectivity index (χ2n) is 5.06. The van der Waals surface area contributed by atoms with Crippen molar-refractivity contribution in [1.82, 2.24) is 15.2 Å². The summed E-state index contributed by atoms with van der Waals surface area (Å²) in [6.07, 6.45) is 3.19. The Hall–Kier alpha value is -0.650. The van der Waals surface area contributed by atoms with E-state index in [0.717, 1.165) is 31.3 Å². The zero-order valence-electron chi connectivity index (χ0n) is 12.9. The number of anilines is 1. The van der Waals surface area contributed by atoms with E-state index in [4.69, 9.17) is 0 Å². The van der Waals surface area contributed by atoms with Crippen molar-refractivity contribution in [2.75, 3.05) is 45.2 Å². The van der Waals surface area contributed by atoms with Gasteiger partial charge in [-0.25, -0.2) is 4.98 Å². The monoisotopic (exact) mass is 284 g/mol. The van der Waals surface area contributed by atoms with Gasteiger partial charge in [0, 0.05) is 30.2 Å². The highest BCUT2D eigenvalue weighted by molar-refractivity contribution is 7.15. The molecule has 0 aromatic carbocycles. The van der Waals surface area contributed by atoms with Gasteiger partial charge in [-0.1, -0.05) is 6.92 Å². The first-order valence-corrected chi connectivity index (χ1v) is 7.98. The average molecular weight is 284 g/mol. The lowest BCUT2D eigenvalue weighted by molar-refractivity contribution is 0.400. The van der Waals surface area contributed by atoms with Crippen LogP contribution in [0.5, 0.6) is 0 Å². The Morgan fingerprint density at radius 3 is 2.63 bits per heavy atom. The first-order chi connectivity index (χ1) is 9.08. The minimum atomic E-state index is 0.400. The van der Waals surface area contributed by atoms with Gasteiger partial charge < -0.3 is 15.1 Å². The van der Waals surface area contributed by atoms with Crippen LogP contribution in [-0.2, 0) is 0 Å². The van der Waals surface area contributed by atoms with Crippen molar-refractivity contribution in [2.45, 2.75) is 33.2 Å². The second kappa shape index (κ2) is 8.51. The lowest BCUT2D eigenvalue weighted by Crippen LogP contribution is -2.26. The summed E-state index contributed by atoms with van der Waals surface area (Å²) in [6.45, 7) is 10.8. The molecule has 0 saturated carbocycles. The molecule has 1 heterocycles. The molecule has 1 aromatic heterocycles. The molecule has 0 aliphatic rings. The Labute approximate surface area is 121 Å². The van der Waals surface area contributed by atoms with E-state index >= 15 is 0 Å². The highest BCUT2D eigenvalue weighted by atomic mass is 32.1. The van der Waals surface area contributed by atoms with Crippen LogP contribution in [0, 0.1) is 0 Å². The summed E-state index contributed by atoms with van der Waals surface area (Å²) in [6, 6.07) is 0.400. The van der Waals surface area contributed by atoms with Gasteiger partial charge >= 0.3 is 0 Å². The molecule has 0 amide bonds. The van der Waals surface area contributed by atoms with Gasteiger partial charge in [0.15, 0.2) is 5.13 Å². The Balaban J connectivity index is 2.56. The molecule has 0 aliphatic carbocycles. The van der Waals surface area contributed by atoms with E-state index < -0.39 is 0 Å². The molecule has 0 spiro atoms. The van der Waals surface area contributed by atoms with Crippen LogP contribution in [0.2, 0.25) is 0 Å². The molecule has 19 heavy (non-hydrogen) atoms. The van der Waals surface area contributed by atoms with E-state index in [0.29, 0.717) is 6.04 Å². The molecule has 0 fully saturated rings. The van der Waals surface area contributed by atoms with Gasteiger partial charge in [-0.2, -0.15) is 0 Å². The number of rotatable bonds is 9. The van der Waals surface area contributed by atoms with Gasteiger partial charge in [0.2, 0.25) is 0 Å². The van der Waals surface area contributed by atoms with Crippen molar-refractivity contribution in [2.24, 2.45) is 0 Å². The fourth-order valence-corrected chi connectivity index (χ4v) is 3.03. The Kier molecular flexibility index (Phi) is 7.34. The van der Waals surface area contributed by atoms with Gasteiger partial charge in [0.1, 0.15) is 0 Å². The van der Waals surface area contributed by atoms with Crippen LogP contribution >= 0.6 is 11.3 Å². The number of nitrogens with zero attached hydrogens (tertiary/aromatic N) is 3. The standard InChI is InChI=1S/C14H28N4S/c1-6-15-12(3)13-11-16-14(19-13)18(7-2)10-8-9-17(4)5/h11-12,15H,6-10H2,1-5H3. The highest BCUT2D eigenvalue weighted by Gasteiger charge is 2.12. The van der Waals surface area contributed by atoms with Gasteiger partial charge in [-0.15, -0.1) is 11.3 Å². The van der Waals surface area contributed by atoms with Crippen molar-refractivity contribution in [1.29, 1.82) is 0 Å². The molecule has 1 unspecified atom stereocenters. The van der Waals surface area contributed by atoms with Crippen LogP contribution in [0.3, 0.4) is 0 Å². The smallest absolute Gasteiger partial charge is 0.185 e. The van der Waals surface area contributed by atoms with Gasteiger partial charge in [-0.05, 0) is 47.5 Å². The molecule has 0 bridgehead atoms. The molecular formula is C14H28N4S. The topological polar surface area (TPSA) is 31.4 Å². The van der Waals surface area contributed by atoms with Gasteiger partial charge in [0.05, 0.1) is 0 Å². The van der Waals surface area contributed by atoms with Gasteiger partial charge in [0.25, 0.3) is 0 Å². The van der Waals surface area contributed by atoms with E-state index in [2.05, 4.69) is 55.0 Å². The van der Waals surface area contributed by atoms with Crippen LogP contribution in [0.25, 0.3) is 0 Å². The lowest BCUT2D eigenvalue weighted by Gasteiger charge is -2.20. The third kappa shape index (κ3) is 5.47. The maximum absolute atomic E-state index is 4.58. The quantitative estimate of drug-likeness (QED) is 0.755. The SMILES string of the molecule is CCNC(C)c1cnc(N(CC)CCCN(C)C)s1. The first-order valence-electron chi connectivity index (χ1n) is 7.17. The summed E-state index contributed by atoms with van der Waals surface area (Å²) >= 11 is 1.81. The fourth-order valence-electron chi connectivity index (χ4n) is 2.00. The molecule has 0 aliphatic heterocycles. The summed E-state index contributed by atoms with van der Waals surface area (Å²) in [7, 11) is 4.24. The van der Waals surface area contributed by atoms with Crippen LogP contribution in [0.4, 0.5) is 5.13 Å². The van der Waals surface area contributed by atoms with Crippen LogP contribution in [0.1, 0.15) is 38.1 Å². The van der Waals surface area contributed by atoms with E-state index in [1.54, 1.807) is 0 Å². The molecule has 4 nitrogen and oxygen atoms in total. The summed E-state index contributed by atoms with van der Waals surface area (Å²) in [5.41, 5.74) is 0. The van der Waals surface area contributed by atoms with Crippen molar-refractivity contribution in [3.8, 4) is 0 Å². The van der Waals surface area contributed by atoms with Crippen molar-refractivity contribution in [3.63, 3.8) is 0 Å². The molecule has 0 saturated heterocycles. The lowest BCUT2D eigenvalue weighted by atomic mass is 10.3. The second-order valence-corrected chi connectivity index (χ2v) is 6.10. The molecule has 1 N–H and O–H groups in total. The summed E-state index contributed by atoms with van der Waals surface area (Å²) in [4.78, 5) is 10.5. The van der Waals surface area contributed by atoms with Crippen LogP contribution < -0.4 is 10.2 Å². The fraction of sp³-hybridized carbons (Fsp3) is 0.786. The third-order valence-electron chi connectivity index (χ3n) is 3.13. The number of aromatic nitrogens is 1. The molecule has 1 rings (SSSR count). The molecule has 5 heteroatoms. The number of nitrogens with one attached hydrogen (secondary N) is 1. The summed E-state index contributed by atoms with van der Waals surface area (Å²) in [5.74, 6) is 0. The predicted molar refractivity (Wildman–Crippen MR) is 85.3 cm³/mol. The summed E-state index contributed by atoms with van der Waals surface area (Å²) < 4.78 is 0. The third-order valence-corrected chi connectivity index (χ3v) is 4.37. The van der Waals surface area contributed by atoms with Crippen molar-refractivity contribution >= 4 is 16.5 Å². The predicted octanol–water partition coefficient (Wildman–Crippen LogP) is 2.59. The van der Waals surface area contributed by atoms with E-state index in [1.807, 2.05) is 17.5 Å². The Morgan fingerprint density at radius 1 is 1.32 bits per heavy atom. The zero-order chi connectivity index (χ0) is 14.3. The van der Waals surface area contributed by atoms with Crippen molar-refractivity contribution < 1.29 is 0 Å². The number of hydrogen-bond donors (Lipinski definition) is 1. The van der Waals surface area contributed by atoms with Crippen LogP contribution in [0.15, 0.2) is 6.20 Å². The van der Waals surface area contributed by atoms with E-state index in [-0.39, 0.29) is 0 Å². The zero-order valence-corrected chi connectivity index (χ0v) is 13.8. The number of thiazole rings is 1. The molecular weight excluding hydrogens is 256 g/mol. The minimum Gasteiger partial charge on any atom is -0.348 e. The van der Waals surface area contributed by atoms with E-state index in [9.17, 15) is 0 Å². The Bertz CT molecular complexity index is 351. The molecule has 0 radical (unpaired) electrons. The highest BCUT2D eigenvalue weighted by Crippen LogP contribution is 2.27. The Morgan fingerprint density at radius 2 is 2.05 bits per heavy atom. The van der Waals surface area contributed by atoms with E-state index in [1.165, 1.54) is 11.3 Å². The maximum Gasteiger partial charge on any atom is 0.185 e. The normalized spacial score (nSPS) is 12.9. The van der Waals surface area contributed by atoms with Gasteiger partial charge in [-0.3, -0.25) is 0 Å². The maximum atomic E-state index is 4.58. The average Bonchev–Trinajstić information content (AvgIpc) is 2.84. The first kappa shape index (κ1) is 16.4. The van der Waals surface area contributed by atoms with Crippen molar-refractivity contribution in [3.05, 3.63) is 11.1 Å². The van der Waals surface area contributed by atoms with Crippen LogP contribution in [-0.4, -0.2) is 50.2 Å². The largest absolute Gasteiger partial charge is 0.348 e. The molecule has 1 aromatic rings.